The molecule has 1 aromatic heterocycles. The van der Waals surface area contributed by atoms with Crippen LogP contribution in [0.4, 0.5) is 0 Å². The van der Waals surface area contributed by atoms with E-state index in [-0.39, 0.29) is 5.56 Å². The predicted molar refractivity (Wildman–Crippen MR) is 59.7 cm³/mol. The Balaban J connectivity index is 2.54. The van der Waals surface area contributed by atoms with Gasteiger partial charge in [-0.05, 0) is 17.5 Å². The van der Waals surface area contributed by atoms with E-state index in [0.29, 0.717) is 5.56 Å². The van der Waals surface area contributed by atoms with E-state index in [1.54, 1.807) is 6.20 Å². The molecule has 0 atom stereocenters. The van der Waals surface area contributed by atoms with E-state index in [1.807, 2.05) is 24.3 Å². The Labute approximate surface area is 87.8 Å². The zero-order valence-electron chi connectivity index (χ0n) is 8.53. The predicted octanol–water partition coefficient (Wildman–Crippen LogP) is 2.00. The molecular formula is C12H12N2O. The zero-order chi connectivity index (χ0) is 10.7. The molecule has 0 spiro atoms. The summed E-state index contributed by atoms with van der Waals surface area (Å²) < 4.78 is 0. The molecule has 2 aromatic rings. The molecule has 0 aliphatic rings. The first-order chi connectivity index (χ1) is 7.31. The molecule has 0 fully saturated rings. The maximum atomic E-state index is 11.5. The summed E-state index contributed by atoms with van der Waals surface area (Å²) in [5.74, 6) is 0. The first-order valence-electron chi connectivity index (χ1n) is 4.93. The highest BCUT2D eigenvalue weighted by molar-refractivity contribution is 5.61. The SMILES string of the molecule is CCc1cccc(-c2cnc[nH]c2=O)c1. The standard InChI is InChI=1S/C12H12N2O/c1-2-9-4-3-5-10(6-9)11-7-13-8-14-12(11)15/h3-8H,2H2,1H3,(H,13,14,15). The maximum absolute atomic E-state index is 11.5. The van der Waals surface area contributed by atoms with Crippen LogP contribution in [-0.2, 0) is 6.42 Å². The van der Waals surface area contributed by atoms with Gasteiger partial charge in [-0.1, -0.05) is 31.2 Å². The van der Waals surface area contributed by atoms with Crippen LogP contribution in [0.2, 0.25) is 0 Å². The van der Waals surface area contributed by atoms with Crippen LogP contribution in [0.5, 0.6) is 0 Å². The molecule has 0 aliphatic heterocycles. The Hall–Kier alpha value is -1.90. The highest BCUT2D eigenvalue weighted by atomic mass is 16.1. The normalized spacial score (nSPS) is 10.2. The second-order valence-electron chi connectivity index (χ2n) is 3.35. The summed E-state index contributed by atoms with van der Waals surface area (Å²) in [5.41, 5.74) is 2.66. The lowest BCUT2D eigenvalue weighted by atomic mass is 10.0. The smallest absolute Gasteiger partial charge is 0.258 e. The van der Waals surface area contributed by atoms with Crippen LogP contribution >= 0.6 is 0 Å². The molecule has 15 heavy (non-hydrogen) atoms. The van der Waals surface area contributed by atoms with Gasteiger partial charge in [0.05, 0.1) is 11.9 Å². The highest BCUT2D eigenvalue weighted by Crippen LogP contribution is 2.15. The van der Waals surface area contributed by atoms with Gasteiger partial charge in [0.15, 0.2) is 0 Å². The van der Waals surface area contributed by atoms with E-state index < -0.39 is 0 Å². The number of benzene rings is 1. The maximum Gasteiger partial charge on any atom is 0.258 e. The number of aromatic nitrogens is 2. The number of nitrogens with one attached hydrogen (secondary N) is 1. The van der Waals surface area contributed by atoms with Crippen molar-refractivity contribution in [1.82, 2.24) is 9.97 Å². The second-order valence-corrected chi connectivity index (χ2v) is 3.35. The summed E-state index contributed by atoms with van der Waals surface area (Å²) in [6, 6.07) is 7.95. The summed E-state index contributed by atoms with van der Waals surface area (Å²) in [6.45, 7) is 2.09. The Morgan fingerprint density at radius 3 is 3.00 bits per heavy atom. The Kier molecular flexibility index (Phi) is 2.63. The minimum atomic E-state index is -0.0988. The highest BCUT2D eigenvalue weighted by Gasteiger charge is 2.02. The minimum absolute atomic E-state index is 0.0988. The molecule has 3 nitrogen and oxygen atoms in total. The van der Waals surface area contributed by atoms with Crippen LogP contribution in [0.25, 0.3) is 11.1 Å². The summed E-state index contributed by atoms with van der Waals surface area (Å²) >= 11 is 0. The number of nitrogens with zero attached hydrogens (tertiary/aromatic N) is 1. The molecule has 76 valence electrons. The molecule has 0 aliphatic carbocycles. The van der Waals surface area contributed by atoms with Gasteiger partial charge in [-0.15, -0.1) is 0 Å². The van der Waals surface area contributed by atoms with Gasteiger partial charge in [0.1, 0.15) is 0 Å². The largest absolute Gasteiger partial charge is 0.313 e. The zero-order valence-corrected chi connectivity index (χ0v) is 8.53. The van der Waals surface area contributed by atoms with Gasteiger partial charge in [-0.2, -0.15) is 0 Å². The third kappa shape index (κ3) is 1.96. The molecule has 0 unspecified atom stereocenters. The van der Waals surface area contributed by atoms with Crippen molar-refractivity contribution < 1.29 is 0 Å². The van der Waals surface area contributed by atoms with Crippen molar-refractivity contribution in [3.63, 3.8) is 0 Å². The third-order valence-corrected chi connectivity index (χ3v) is 2.36. The average molecular weight is 200 g/mol. The molecular weight excluding hydrogens is 188 g/mol. The van der Waals surface area contributed by atoms with E-state index in [9.17, 15) is 4.79 Å². The van der Waals surface area contributed by atoms with Crippen molar-refractivity contribution in [3.05, 3.63) is 52.7 Å². The van der Waals surface area contributed by atoms with Crippen LogP contribution < -0.4 is 5.56 Å². The van der Waals surface area contributed by atoms with Crippen molar-refractivity contribution in [2.24, 2.45) is 0 Å². The monoisotopic (exact) mass is 200 g/mol. The molecule has 0 bridgehead atoms. The number of hydrogen-bond acceptors (Lipinski definition) is 2. The van der Waals surface area contributed by atoms with Crippen molar-refractivity contribution in [2.75, 3.05) is 0 Å². The molecule has 2 rings (SSSR count). The summed E-state index contributed by atoms with van der Waals surface area (Å²) in [4.78, 5) is 18.0. The van der Waals surface area contributed by atoms with Gasteiger partial charge in [-0.3, -0.25) is 4.79 Å². The third-order valence-electron chi connectivity index (χ3n) is 2.36. The second kappa shape index (κ2) is 4.09. The topological polar surface area (TPSA) is 45.8 Å². The van der Waals surface area contributed by atoms with Crippen LogP contribution in [-0.4, -0.2) is 9.97 Å². The molecule has 1 N–H and O–H groups in total. The van der Waals surface area contributed by atoms with Crippen LogP contribution in [0, 0.1) is 0 Å². The van der Waals surface area contributed by atoms with Crippen LogP contribution in [0.1, 0.15) is 12.5 Å². The molecule has 1 heterocycles. The number of H-pyrrole nitrogens is 1. The first kappa shape index (κ1) is 9.65. The average Bonchev–Trinajstić information content (AvgIpc) is 2.30. The van der Waals surface area contributed by atoms with E-state index in [0.717, 1.165) is 12.0 Å². The van der Waals surface area contributed by atoms with E-state index in [4.69, 9.17) is 0 Å². The number of hydrogen-bond donors (Lipinski definition) is 1. The summed E-state index contributed by atoms with van der Waals surface area (Å²) in [5, 5.41) is 0. The van der Waals surface area contributed by atoms with Crippen molar-refractivity contribution in [1.29, 1.82) is 0 Å². The van der Waals surface area contributed by atoms with Gasteiger partial charge in [0, 0.05) is 6.20 Å². The van der Waals surface area contributed by atoms with Gasteiger partial charge >= 0.3 is 0 Å². The van der Waals surface area contributed by atoms with Crippen molar-refractivity contribution >= 4 is 0 Å². The van der Waals surface area contributed by atoms with Crippen LogP contribution in [0.15, 0.2) is 41.6 Å². The quantitative estimate of drug-likeness (QED) is 0.805. The lowest BCUT2D eigenvalue weighted by Gasteiger charge is -2.01. The number of rotatable bonds is 2. The minimum Gasteiger partial charge on any atom is -0.313 e. The fourth-order valence-electron chi connectivity index (χ4n) is 1.51. The Morgan fingerprint density at radius 2 is 2.27 bits per heavy atom. The van der Waals surface area contributed by atoms with Gasteiger partial charge < -0.3 is 4.98 Å². The molecule has 3 heteroatoms. The van der Waals surface area contributed by atoms with E-state index >= 15 is 0 Å². The van der Waals surface area contributed by atoms with E-state index in [1.165, 1.54) is 11.9 Å². The fourth-order valence-corrected chi connectivity index (χ4v) is 1.51. The molecule has 0 amide bonds. The van der Waals surface area contributed by atoms with E-state index in [2.05, 4.69) is 16.9 Å². The Morgan fingerprint density at radius 1 is 1.40 bits per heavy atom. The summed E-state index contributed by atoms with van der Waals surface area (Å²) in [7, 11) is 0. The fraction of sp³-hybridized carbons (Fsp3) is 0.167. The van der Waals surface area contributed by atoms with Gasteiger partial charge in [0.2, 0.25) is 0 Å². The molecule has 0 saturated heterocycles. The first-order valence-corrected chi connectivity index (χ1v) is 4.93. The van der Waals surface area contributed by atoms with Crippen molar-refractivity contribution in [3.8, 4) is 11.1 Å². The van der Waals surface area contributed by atoms with Crippen LogP contribution in [0.3, 0.4) is 0 Å². The molecule has 1 aromatic carbocycles. The lowest BCUT2D eigenvalue weighted by Crippen LogP contribution is -2.08. The number of aromatic amines is 1. The van der Waals surface area contributed by atoms with Crippen molar-refractivity contribution in [2.45, 2.75) is 13.3 Å². The summed E-state index contributed by atoms with van der Waals surface area (Å²) in [6.07, 6.45) is 3.95. The van der Waals surface area contributed by atoms with Gasteiger partial charge in [0.25, 0.3) is 5.56 Å². The number of aryl methyl sites for hydroxylation is 1. The van der Waals surface area contributed by atoms with Gasteiger partial charge in [-0.25, -0.2) is 4.98 Å². The Bertz CT molecular complexity index is 517. The lowest BCUT2D eigenvalue weighted by molar-refractivity contribution is 1.11. The molecule has 0 saturated carbocycles. The molecule has 0 radical (unpaired) electrons.